The molecule has 5 rings (SSSR count). The third-order valence-electron chi connectivity index (χ3n) is 5.98. The van der Waals surface area contributed by atoms with Crippen LogP contribution in [0.1, 0.15) is 22.8 Å². The minimum Gasteiger partial charge on any atom is -0.490 e. The lowest BCUT2D eigenvalue weighted by molar-refractivity contribution is -0.120. The lowest BCUT2D eigenvalue weighted by Gasteiger charge is -2.29. The number of hydrogen-bond donors (Lipinski definition) is 0. The molecule has 4 aromatic rings. The average Bonchev–Trinajstić information content (AvgIpc) is 2.91. The van der Waals surface area contributed by atoms with Gasteiger partial charge in [-0.25, -0.2) is 9.78 Å². The smallest absolute Gasteiger partial charge is 0.338 e. The van der Waals surface area contributed by atoms with Gasteiger partial charge in [0.15, 0.2) is 6.61 Å². The molecule has 0 radical (unpaired) electrons. The van der Waals surface area contributed by atoms with E-state index in [1.165, 1.54) is 0 Å². The number of rotatable bonds is 6. The number of hydrogen-bond acceptors (Lipinski definition) is 6. The molecule has 0 unspecified atom stereocenters. The Morgan fingerprint density at radius 1 is 1.03 bits per heavy atom. The normalized spacial score (nSPS) is 12.6. The van der Waals surface area contributed by atoms with Gasteiger partial charge in [-0.15, -0.1) is 0 Å². The summed E-state index contributed by atoms with van der Waals surface area (Å²) in [5.41, 5.74) is 4.46. The molecular formula is C29H26N2O5. The molecule has 3 aromatic carbocycles. The third kappa shape index (κ3) is 4.73. The van der Waals surface area contributed by atoms with Crippen molar-refractivity contribution in [2.45, 2.75) is 13.8 Å². The summed E-state index contributed by atoms with van der Waals surface area (Å²) in [4.78, 5) is 32.1. The number of nitrogens with zero attached hydrogens (tertiary/aromatic N) is 2. The van der Waals surface area contributed by atoms with Gasteiger partial charge in [0.05, 0.1) is 35.6 Å². The maximum atomic E-state index is 13.3. The molecule has 182 valence electrons. The lowest BCUT2D eigenvalue weighted by atomic mass is 10.1. The fraction of sp³-hybridized carbons (Fsp3) is 0.207. The molecule has 0 fully saturated rings. The van der Waals surface area contributed by atoms with Crippen molar-refractivity contribution in [1.29, 1.82) is 0 Å². The van der Waals surface area contributed by atoms with Gasteiger partial charge < -0.3 is 19.1 Å². The second kappa shape index (κ2) is 10.1. The van der Waals surface area contributed by atoms with Crippen LogP contribution in [0.5, 0.6) is 11.5 Å². The molecule has 0 N–H and O–H groups in total. The fourth-order valence-corrected chi connectivity index (χ4v) is 4.22. The van der Waals surface area contributed by atoms with Crippen molar-refractivity contribution < 1.29 is 23.8 Å². The zero-order valence-corrected chi connectivity index (χ0v) is 20.2. The quantitative estimate of drug-likeness (QED) is 0.352. The molecule has 0 bridgehead atoms. The number of esters is 1. The van der Waals surface area contributed by atoms with E-state index in [-0.39, 0.29) is 19.1 Å². The number of pyridine rings is 1. The molecule has 1 aliphatic rings. The van der Waals surface area contributed by atoms with Crippen LogP contribution in [0.3, 0.4) is 0 Å². The van der Waals surface area contributed by atoms with Gasteiger partial charge in [-0.3, -0.25) is 4.79 Å². The zero-order valence-electron chi connectivity index (χ0n) is 20.2. The largest absolute Gasteiger partial charge is 0.490 e. The van der Waals surface area contributed by atoms with E-state index >= 15 is 0 Å². The summed E-state index contributed by atoms with van der Waals surface area (Å²) in [5, 5.41) is 0.631. The van der Waals surface area contributed by atoms with Crippen molar-refractivity contribution in [2.75, 3.05) is 31.3 Å². The number of carbonyl (C=O) groups excluding carboxylic acids is 2. The Morgan fingerprint density at radius 2 is 1.86 bits per heavy atom. The van der Waals surface area contributed by atoms with Gasteiger partial charge in [0.1, 0.15) is 18.1 Å². The van der Waals surface area contributed by atoms with E-state index in [0.29, 0.717) is 46.8 Å². The number of carbonyl (C=O) groups is 2. The van der Waals surface area contributed by atoms with Gasteiger partial charge in [-0.1, -0.05) is 36.4 Å². The van der Waals surface area contributed by atoms with Gasteiger partial charge in [0.25, 0.3) is 5.91 Å². The molecule has 0 saturated carbocycles. The van der Waals surface area contributed by atoms with Crippen LogP contribution < -0.4 is 14.4 Å². The Balaban J connectivity index is 1.49. The predicted molar refractivity (Wildman–Crippen MR) is 138 cm³/mol. The first-order chi connectivity index (χ1) is 17.5. The molecule has 1 amide bonds. The maximum absolute atomic E-state index is 13.3. The van der Waals surface area contributed by atoms with Gasteiger partial charge in [-0.2, -0.15) is 0 Å². The number of aromatic nitrogens is 1. The van der Waals surface area contributed by atoms with Crippen molar-refractivity contribution in [3.05, 3.63) is 83.9 Å². The van der Waals surface area contributed by atoms with Crippen LogP contribution in [0.15, 0.2) is 72.8 Å². The highest BCUT2D eigenvalue weighted by Crippen LogP contribution is 2.34. The van der Waals surface area contributed by atoms with E-state index in [9.17, 15) is 9.59 Å². The lowest BCUT2D eigenvalue weighted by Crippen LogP contribution is -2.40. The molecule has 7 heteroatoms. The Hall–Kier alpha value is -4.39. The molecule has 1 aliphatic heterocycles. The third-order valence-corrected chi connectivity index (χ3v) is 5.98. The van der Waals surface area contributed by atoms with E-state index in [2.05, 4.69) is 0 Å². The zero-order chi connectivity index (χ0) is 25.1. The van der Waals surface area contributed by atoms with E-state index in [4.69, 9.17) is 19.2 Å². The Morgan fingerprint density at radius 3 is 2.67 bits per heavy atom. The summed E-state index contributed by atoms with van der Waals surface area (Å²) in [7, 11) is 0. The topological polar surface area (TPSA) is 78.0 Å². The second-order valence-electron chi connectivity index (χ2n) is 8.48. The summed E-state index contributed by atoms with van der Waals surface area (Å²) in [6, 6.07) is 22.5. The standard InChI is InChI=1S/C29H26N2O5/c1-3-34-29(33)21-10-11-23-22(16-21)27(17-24(30-23)20-7-5-4-6-8-20)36-18-28(32)31-13-14-35-26-12-9-19(2)15-25(26)31/h4-12,15-17H,3,13-14,18H2,1-2H3. The molecule has 36 heavy (non-hydrogen) atoms. The minimum atomic E-state index is -0.422. The number of anilines is 1. The first kappa shape index (κ1) is 23.4. The summed E-state index contributed by atoms with van der Waals surface area (Å²) in [6.45, 7) is 4.70. The van der Waals surface area contributed by atoms with Crippen LogP contribution in [0.4, 0.5) is 5.69 Å². The van der Waals surface area contributed by atoms with Crippen molar-refractivity contribution in [2.24, 2.45) is 0 Å². The van der Waals surface area contributed by atoms with Crippen LogP contribution in [0.2, 0.25) is 0 Å². The SMILES string of the molecule is CCOC(=O)c1ccc2nc(-c3ccccc3)cc(OCC(=O)N3CCOc4ccc(C)cc43)c2c1. The van der Waals surface area contributed by atoms with Crippen LogP contribution >= 0.6 is 0 Å². The average molecular weight is 483 g/mol. The minimum absolute atomic E-state index is 0.176. The predicted octanol–water partition coefficient (Wildman–Crippen LogP) is 5.19. The molecule has 0 aliphatic carbocycles. The number of fused-ring (bicyclic) bond motifs is 2. The highest BCUT2D eigenvalue weighted by molar-refractivity contribution is 5.98. The van der Waals surface area contributed by atoms with Crippen LogP contribution in [-0.2, 0) is 9.53 Å². The molecule has 0 spiro atoms. The van der Waals surface area contributed by atoms with Crippen LogP contribution in [0.25, 0.3) is 22.2 Å². The van der Waals surface area contributed by atoms with Crippen LogP contribution in [-0.4, -0.2) is 43.2 Å². The highest BCUT2D eigenvalue weighted by atomic mass is 16.5. The van der Waals surface area contributed by atoms with Gasteiger partial charge in [0, 0.05) is 17.0 Å². The first-order valence-corrected chi connectivity index (χ1v) is 11.9. The van der Waals surface area contributed by atoms with Crippen molar-refractivity contribution in [1.82, 2.24) is 4.98 Å². The molecular weight excluding hydrogens is 456 g/mol. The van der Waals surface area contributed by atoms with Gasteiger partial charge in [-0.05, 0) is 49.7 Å². The van der Waals surface area contributed by atoms with Crippen molar-refractivity contribution in [3.63, 3.8) is 0 Å². The Bertz CT molecular complexity index is 1430. The number of aryl methyl sites for hydroxylation is 1. The molecule has 0 saturated heterocycles. The van der Waals surface area contributed by atoms with Crippen LogP contribution in [0, 0.1) is 6.92 Å². The van der Waals surface area contributed by atoms with Gasteiger partial charge in [0.2, 0.25) is 0 Å². The number of amides is 1. The highest BCUT2D eigenvalue weighted by Gasteiger charge is 2.24. The number of ether oxygens (including phenoxy) is 3. The van der Waals surface area contributed by atoms with Crippen molar-refractivity contribution in [3.8, 4) is 22.8 Å². The fourth-order valence-electron chi connectivity index (χ4n) is 4.22. The molecule has 0 atom stereocenters. The Kier molecular flexibility index (Phi) is 6.54. The number of benzene rings is 3. The maximum Gasteiger partial charge on any atom is 0.338 e. The summed E-state index contributed by atoms with van der Waals surface area (Å²) in [6.07, 6.45) is 0. The van der Waals surface area contributed by atoms with E-state index in [0.717, 1.165) is 16.8 Å². The monoisotopic (exact) mass is 482 g/mol. The van der Waals surface area contributed by atoms with E-state index < -0.39 is 5.97 Å². The summed E-state index contributed by atoms with van der Waals surface area (Å²) >= 11 is 0. The second-order valence-corrected chi connectivity index (χ2v) is 8.48. The molecule has 7 nitrogen and oxygen atoms in total. The molecule has 2 heterocycles. The van der Waals surface area contributed by atoms with E-state index in [1.54, 1.807) is 36.1 Å². The summed E-state index contributed by atoms with van der Waals surface area (Å²) in [5.74, 6) is 0.544. The summed E-state index contributed by atoms with van der Waals surface area (Å²) < 4.78 is 17.0. The Labute approximate surface area is 209 Å². The first-order valence-electron chi connectivity index (χ1n) is 11.9. The van der Waals surface area contributed by atoms with Crippen molar-refractivity contribution >= 4 is 28.5 Å². The van der Waals surface area contributed by atoms with E-state index in [1.807, 2.05) is 55.5 Å². The molecule has 1 aromatic heterocycles. The van der Waals surface area contributed by atoms with Gasteiger partial charge >= 0.3 is 5.97 Å².